The number of nitrogens with zero attached hydrogens (tertiary/aromatic N) is 2. The molecule has 2 aliphatic carbocycles. The minimum absolute atomic E-state index is 0.807. The van der Waals surface area contributed by atoms with Crippen molar-refractivity contribution in [1.82, 2.24) is 0 Å². The number of methoxy groups -OCH3 is 1. The SMILES string of the molecule is COc1cccc2c1-c1c(c(C#N)c(N3CCCCC3)c3c1-c1ccccc1C3)C2. The van der Waals surface area contributed by atoms with Gasteiger partial charge in [-0.05, 0) is 64.3 Å². The Morgan fingerprint density at radius 3 is 2.40 bits per heavy atom. The molecule has 0 saturated carbocycles. The molecule has 3 nitrogen and oxygen atoms in total. The molecule has 0 atom stereocenters. The molecule has 0 bridgehead atoms. The highest BCUT2D eigenvalue weighted by atomic mass is 16.5. The molecule has 0 radical (unpaired) electrons. The average Bonchev–Trinajstić information content (AvgIpc) is 3.36. The van der Waals surface area contributed by atoms with Gasteiger partial charge in [0.15, 0.2) is 0 Å². The molecule has 30 heavy (non-hydrogen) atoms. The van der Waals surface area contributed by atoms with Crippen molar-refractivity contribution in [3.8, 4) is 34.1 Å². The normalized spacial score (nSPS) is 15.8. The van der Waals surface area contributed by atoms with Crippen LogP contribution in [0.15, 0.2) is 42.5 Å². The maximum Gasteiger partial charge on any atom is 0.127 e. The van der Waals surface area contributed by atoms with E-state index in [1.54, 1.807) is 7.11 Å². The van der Waals surface area contributed by atoms with E-state index >= 15 is 0 Å². The Bertz CT molecular complexity index is 1230. The molecule has 3 aliphatic rings. The van der Waals surface area contributed by atoms with E-state index in [1.807, 2.05) is 6.07 Å². The number of benzene rings is 3. The van der Waals surface area contributed by atoms with Crippen LogP contribution >= 0.6 is 0 Å². The summed E-state index contributed by atoms with van der Waals surface area (Å²) in [5, 5.41) is 10.4. The van der Waals surface area contributed by atoms with Gasteiger partial charge in [0.2, 0.25) is 0 Å². The van der Waals surface area contributed by atoms with Crippen LogP contribution in [0, 0.1) is 11.3 Å². The number of piperidine rings is 1. The van der Waals surface area contributed by atoms with Gasteiger partial charge in [-0.3, -0.25) is 0 Å². The largest absolute Gasteiger partial charge is 0.496 e. The summed E-state index contributed by atoms with van der Waals surface area (Å²) in [6, 6.07) is 17.7. The zero-order valence-electron chi connectivity index (χ0n) is 17.3. The first-order valence-corrected chi connectivity index (χ1v) is 10.9. The van der Waals surface area contributed by atoms with Gasteiger partial charge in [0.05, 0.1) is 18.4 Å². The molecule has 0 spiro atoms. The van der Waals surface area contributed by atoms with E-state index in [1.165, 1.54) is 69.5 Å². The number of fused-ring (bicyclic) bond motifs is 7. The summed E-state index contributed by atoms with van der Waals surface area (Å²) in [5.41, 5.74) is 12.3. The molecule has 1 saturated heterocycles. The molecule has 1 aliphatic heterocycles. The molecule has 1 fully saturated rings. The van der Waals surface area contributed by atoms with Gasteiger partial charge in [-0.2, -0.15) is 5.26 Å². The second-order valence-corrected chi connectivity index (χ2v) is 8.60. The summed E-state index contributed by atoms with van der Waals surface area (Å²) in [6.07, 6.45) is 5.41. The zero-order chi connectivity index (χ0) is 20.2. The predicted octanol–water partition coefficient (Wildman–Crippen LogP) is 5.70. The number of hydrogen-bond acceptors (Lipinski definition) is 3. The van der Waals surface area contributed by atoms with Crippen molar-refractivity contribution in [3.63, 3.8) is 0 Å². The van der Waals surface area contributed by atoms with E-state index in [-0.39, 0.29) is 0 Å². The summed E-state index contributed by atoms with van der Waals surface area (Å²) in [5.74, 6) is 0.910. The molecule has 3 aromatic rings. The van der Waals surface area contributed by atoms with Crippen molar-refractivity contribution >= 4 is 5.69 Å². The Labute approximate surface area is 177 Å². The lowest BCUT2D eigenvalue weighted by Gasteiger charge is -2.32. The zero-order valence-corrected chi connectivity index (χ0v) is 17.3. The summed E-state index contributed by atoms with van der Waals surface area (Å²) in [7, 11) is 1.75. The molecule has 0 N–H and O–H groups in total. The minimum Gasteiger partial charge on any atom is -0.496 e. The number of nitriles is 1. The Morgan fingerprint density at radius 1 is 0.833 bits per heavy atom. The lowest BCUT2D eigenvalue weighted by Crippen LogP contribution is -2.31. The highest BCUT2D eigenvalue weighted by Crippen LogP contribution is 2.56. The topological polar surface area (TPSA) is 36.3 Å². The second-order valence-electron chi connectivity index (χ2n) is 8.60. The van der Waals surface area contributed by atoms with Gasteiger partial charge in [0, 0.05) is 31.5 Å². The van der Waals surface area contributed by atoms with Gasteiger partial charge in [0.25, 0.3) is 0 Å². The first kappa shape index (κ1) is 17.6. The van der Waals surface area contributed by atoms with Gasteiger partial charge in [-0.15, -0.1) is 0 Å². The van der Waals surface area contributed by atoms with Crippen LogP contribution < -0.4 is 9.64 Å². The fraction of sp³-hybridized carbons (Fsp3) is 0.296. The van der Waals surface area contributed by atoms with Gasteiger partial charge in [-0.25, -0.2) is 0 Å². The molecular weight excluding hydrogens is 368 g/mol. The van der Waals surface area contributed by atoms with Crippen LogP contribution in [-0.4, -0.2) is 20.2 Å². The van der Waals surface area contributed by atoms with Crippen molar-refractivity contribution in [1.29, 1.82) is 5.26 Å². The first-order chi connectivity index (χ1) is 14.8. The Morgan fingerprint density at radius 2 is 1.60 bits per heavy atom. The van der Waals surface area contributed by atoms with E-state index in [4.69, 9.17) is 4.74 Å². The maximum absolute atomic E-state index is 10.4. The van der Waals surface area contributed by atoms with Gasteiger partial charge < -0.3 is 9.64 Å². The van der Waals surface area contributed by atoms with E-state index in [2.05, 4.69) is 47.4 Å². The third-order valence-corrected chi connectivity index (χ3v) is 7.07. The lowest BCUT2D eigenvalue weighted by atomic mass is 9.88. The van der Waals surface area contributed by atoms with Gasteiger partial charge >= 0.3 is 0 Å². The van der Waals surface area contributed by atoms with Gasteiger partial charge in [0.1, 0.15) is 11.8 Å². The van der Waals surface area contributed by atoms with E-state index < -0.39 is 0 Å². The van der Waals surface area contributed by atoms with Crippen molar-refractivity contribution in [2.24, 2.45) is 0 Å². The fourth-order valence-electron chi connectivity index (χ4n) is 5.82. The lowest BCUT2D eigenvalue weighted by molar-refractivity contribution is 0.416. The van der Waals surface area contributed by atoms with Crippen molar-refractivity contribution in [2.45, 2.75) is 32.1 Å². The van der Waals surface area contributed by atoms with E-state index in [0.29, 0.717) is 0 Å². The van der Waals surface area contributed by atoms with Crippen molar-refractivity contribution in [2.75, 3.05) is 25.1 Å². The minimum atomic E-state index is 0.807. The number of hydrogen-bond donors (Lipinski definition) is 0. The molecule has 1 heterocycles. The van der Waals surface area contributed by atoms with Crippen molar-refractivity contribution < 1.29 is 4.74 Å². The van der Waals surface area contributed by atoms with E-state index in [9.17, 15) is 5.26 Å². The van der Waals surface area contributed by atoms with Crippen LogP contribution in [-0.2, 0) is 12.8 Å². The standard InChI is InChI=1S/C27H24N2O/c1-30-23-11-7-9-18-15-20-22(16-28)27(29-12-5-2-6-13-29)21-14-17-8-3-4-10-19(17)25(21)26(20)24(18)23/h3-4,7-11H,2,5-6,12-15H2,1H3. The number of ether oxygens (including phenoxy) is 1. The maximum atomic E-state index is 10.4. The van der Waals surface area contributed by atoms with Crippen LogP contribution in [0.5, 0.6) is 5.75 Å². The van der Waals surface area contributed by atoms with E-state index in [0.717, 1.165) is 37.2 Å². The molecule has 3 aromatic carbocycles. The van der Waals surface area contributed by atoms with Crippen LogP contribution in [0.1, 0.15) is 47.1 Å². The fourth-order valence-corrected chi connectivity index (χ4v) is 5.82. The van der Waals surface area contributed by atoms with Crippen LogP contribution in [0.25, 0.3) is 22.3 Å². The Hall–Kier alpha value is -3.25. The van der Waals surface area contributed by atoms with Gasteiger partial charge in [-0.1, -0.05) is 36.4 Å². The molecule has 0 unspecified atom stereocenters. The summed E-state index contributed by atoms with van der Waals surface area (Å²) in [6.45, 7) is 2.10. The molecule has 0 aromatic heterocycles. The second kappa shape index (κ2) is 6.64. The molecule has 148 valence electrons. The first-order valence-electron chi connectivity index (χ1n) is 10.9. The predicted molar refractivity (Wildman–Crippen MR) is 120 cm³/mol. The third-order valence-electron chi connectivity index (χ3n) is 7.07. The third kappa shape index (κ3) is 2.31. The molecule has 0 amide bonds. The smallest absolute Gasteiger partial charge is 0.127 e. The molecular formula is C27H24N2O. The highest BCUT2D eigenvalue weighted by molar-refractivity contribution is 6.02. The van der Waals surface area contributed by atoms with Crippen LogP contribution in [0.4, 0.5) is 5.69 Å². The number of anilines is 1. The average molecular weight is 393 g/mol. The van der Waals surface area contributed by atoms with Crippen molar-refractivity contribution in [3.05, 3.63) is 70.3 Å². The Kier molecular flexibility index (Phi) is 3.89. The quantitative estimate of drug-likeness (QED) is 0.387. The summed E-state index contributed by atoms with van der Waals surface area (Å²) >= 11 is 0. The van der Waals surface area contributed by atoms with Crippen LogP contribution in [0.2, 0.25) is 0 Å². The molecule has 6 rings (SSSR count). The summed E-state index contributed by atoms with van der Waals surface area (Å²) < 4.78 is 5.79. The van der Waals surface area contributed by atoms with Crippen LogP contribution in [0.3, 0.4) is 0 Å². The molecule has 3 heteroatoms. The number of rotatable bonds is 2. The highest BCUT2D eigenvalue weighted by Gasteiger charge is 2.37. The monoisotopic (exact) mass is 392 g/mol. The summed E-state index contributed by atoms with van der Waals surface area (Å²) in [4.78, 5) is 2.49. The Balaban J connectivity index is 1.72.